The highest BCUT2D eigenvalue weighted by Crippen LogP contribution is 2.37. The molecule has 1 nitrogen and oxygen atoms in total. The first-order chi connectivity index (χ1) is 12.9. The molecule has 0 fully saturated rings. The fraction of sp³-hybridized carbons (Fsp3) is 0.174. The fourth-order valence-corrected chi connectivity index (χ4v) is 5.80. The summed E-state index contributed by atoms with van der Waals surface area (Å²) in [6.45, 7) is 0. The number of fused-ring (bicyclic) bond motifs is 4. The normalized spacial score (nSPS) is 14.8. The van der Waals surface area contributed by atoms with Gasteiger partial charge in [-0.3, -0.25) is 4.98 Å². The van der Waals surface area contributed by atoms with Crippen molar-refractivity contribution in [1.82, 2.24) is 4.98 Å². The zero-order chi connectivity index (χ0) is 17.3. The summed E-state index contributed by atoms with van der Waals surface area (Å²) in [7, 11) is 0. The lowest BCUT2D eigenvalue weighted by atomic mass is 9.93. The van der Waals surface area contributed by atoms with Crippen molar-refractivity contribution >= 4 is 45.1 Å². The number of nitrogens with zero attached hydrogens (tertiary/aromatic N) is 1. The Hall–Kier alpha value is -1.97. The molecule has 4 bridgehead atoms. The van der Waals surface area contributed by atoms with E-state index in [1.54, 1.807) is 0 Å². The smallest absolute Gasteiger partial charge is 0.0506 e. The van der Waals surface area contributed by atoms with Crippen LogP contribution in [0.3, 0.4) is 0 Å². The summed E-state index contributed by atoms with van der Waals surface area (Å²) in [6.07, 6.45) is 0. The van der Waals surface area contributed by atoms with Crippen molar-refractivity contribution in [2.24, 2.45) is 0 Å². The van der Waals surface area contributed by atoms with Crippen molar-refractivity contribution in [2.45, 2.75) is 23.0 Å². The Labute approximate surface area is 162 Å². The van der Waals surface area contributed by atoms with Crippen LogP contribution in [-0.4, -0.2) is 4.98 Å². The molecule has 0 saturated heterocycles. The average Bonchev–Trinajstić information content (AvgIpc) is 2.70. The van der Waals surface area contributed by atoms with Gasteiger partial charge in [0.1, 0.15) is 0 Å². The number of pyridine rings is 1. The first kappa shape index (κ1) is 16.2. The molecule has 0 amide bonds. The molecule has 6 rings (SSSR count). The van der Waals surface area contributed by atoms with Crippen LogP contribution in [0.1, 0.15) is 22.5 Å². The van der Waals surface area contributed by atoms with Crippen LogP contribution in [0.15, 0.2) is 66.7 Å². The van der Waals surface area contributed by atoms with Crippen molar-refractivity contribution in [2.75, 3.05) is 0 Å². The maximum absolute atomic E-state index is 4.85. The van der Waals surface area contributed by atoms with E-state index in [2.05, 4.69) is 66.7 Å². The van der Waals surface area contributed by atoms with Gasteiger partial charge in [0.05, 0.1) is 11.4 Å². The Morgan fingerprint density at radius 1 is 0.500 bits per heavy atom. The van der Waals surface area contributed by atoms with Crippen molar-refractivity contribution in [3.8, 4) is 0 Å². The van der Waals surface area contributed by atoms with Crippen LogP contribution in [-0.2, 0) is 23.0 Å². The molecule has 3 heteroatoms. The van der Waals surface area contributed by atoms with E-state index < -0.39 is 0 Å². The zero-order valence-electron chi connectivity index (χ0n) is 14.4. The molecule has 4 aromatic rings. The molecule has 0 saturated carbocycles. The van der Waals surface area contributed by atoms with Gasteiger partial charge in [-0.2, -0.15) is 23.5 Å². The minimum atomic E-state index is 0.961. The van der Waals surface area contributed by atoms with Crippen molar-refractivity contribution < 1.29 is 0 Å². The second kappa shape index (κ2) is 6.98. The molecule has 0 aliphatic carbocycles. The fourth-order valence-electron chi connectivity index (χ4n) is 3.83. The Kier molecular flexibility index (Phi) is 4.35. The van der Waals surface area contributed by atoms with Crippen molar-refractivity contribution in [3.05, 3.63) is 89.2 Å². The standard InChI is InChI=1S/C23H19NS2/c1-2-9-19-18(8-1)22-14-25-12-16-6-5-7-17(24-16)13-26-15-23(19)21-11-4-3-10-20(21)22/h1-11H,12-15H2. The second-order valence-corrected chi connectivity index (χ2v) is 8.63. The van der Waals surface area contributed by atoms with Gasteiger partial charge in [0.15, 0.2) is 0 Å². The van der Waals surface area contributed by atoms with Crippen LogP contribution in [0, 0.1) is 0 Å². The Balaban J connectivity index is 1.75. The van der Waals surface area contributed by atoms with Crippen LogP contribution in [0.4, 0.5) is 0 Å². The predicted molar refractivity (Wildman–Crippen MR) is 116 cm³/mol. The topological polar surface area (TPSA) is 12.9 Å². The molecule has 3 heterocycles. The van der Waals surface area contributed by atoms with E-state index in [0.717, 1.165) is 23.0 Å². The average molecular weight is 374 g/mol. The van der Waals surface area contributed by atoms with E-state index in [0.29, 0.717) is 0 Å². The van der Waals surface area contributed by atoms with Gasteiger partial charge in [0, 0.05) is 23.0 Å². The number of aromatic nitrogens is 1. The molecule has 0 N–H and O–H groups in total. The Bertz CT molecular complexity index is 964. The SMILES string of the molecule is c1cc2nc(c1)CSCc1c3ccccc3c(c3ccccc13)CSC2. The highest BCUT2D eigenvalue weighted by atomic mass is 32.2. The third-order valence-corrected chi connectivity index (χ3v) is 7.00. The summed E-state index contributed by atoms with van der Waals surface area (Å²) in [5, 5.41) is 5.64. The van der Waals surface area contributed by atoms with Gasteiger partial charge in [-0.1, -0.05) is 54.6 Å². The van der Waals surface area contributed by atoms with E-state index in [1.807, 2.05) is 23.5 Å². The van der Waals surface area contributed by atoms with E-state index in [-0.39, 0.29) is 0 Å². The highest BCUT2D eigenvalue weighted by molar-refractivity contribution is 7.98. The largest absolute Gasteiger partial charge is 0.256 e. The molecule has 0 unspecified atom stereocenters. The lowest BCUT2D eigenvalue weighted by molar-refractivity contribution is 1.09. The quantitative estimate of drug-likeness (QED) is 0.324. The molecule has 1 aromatic heterocycles. The Morgan fingerprint density at radius 2 is 0.923 bits per heavy atom. The molecule has 128 valence electrons. The molecule has 0 atom stereocenters. The number of hydrogen-bond donors (Lipinski definition) is 0. The lowest BCUT2D eigenvalue weighted by Gasteiger charge is -2.16. The molecule has 3 aromatic carbocycles. The predicted octanol–water partition coefficient (Wildman–Crippen LogP) is 6.57. The molecule has 26 heavy (non-hydrogen) atoms. The van der Waals surface area contributed by atoms with Crippen LogP contribution in [0.5, 0.6) is 0 Å². The molecular weight excluding hydrogens is 354 g/mol. The van der Waals surface area contributed by atoms with Crippen LogP contribution in [0.2, 0.25) is 0 Å². The van der Waals surface area contributed by atoms with Crippen molar-refractivity contribution in [1.29, 1.82) is 0 Å². The van der Waals surface area contributed by atoms with Gasteiger partial charge in [-0.25, -0.2) is 0 Å². The van der Waals surface area contributed by atoms with Crippen LogP contribution < -0.4 is 0 Å². The summed E-state index contributed by atoms with van der Waals surface area (Å²) in [5.74, 6) is 3.95. The first-order valence-electron chi connectivity index (χ1n) is 8.91. The number of rotatable bonds is 0. The number of hydrogen-bond acceptors (Lipinski definition) is 3. The zero-order valence-corrected chi connectivity index (χ0v) is 16.1. The van der Waals surface area contributed by atoms with E-state index >= 15 is 0 Å². The summed E-state index contributed by atoms with van der Waals surface area (Å²) in [5.41, 5.74) is 5.31. The minimum absolute atomic E-state index is 0.961. The van der Waals surface area contributed by atoms with Gasteiger partial charge >= 0.3 is 0 Å². The molecular formula is C23H19NS2. The first-order valence-corrected chi connectivity index (χ1v) is 11.2. The molecule has 0 spiro atoms. The maximum Gasteiger partial charge on any atom is 0.0506 e. The van der Waals surface area contributed by atoms with Gasteiger partial charge in [0.2, 0.25) is 0 Å². The third-order valence-electron chi connectivity index (χ3n) is 5.01. The summed E-state index contributed by atoms with van der Waals surface area (Å²) in [6, 6.07) is 24.3. The number of thioether (sulfide) groups is 2. The highest BCUT2D eigenvalue weighted by Gasteiger charge is 2.14. The third kappa shape index (κ3) is 2.89. The summed E-state index contributed by atoms with van der Waals surface area (Å²) < 4.78 is 0. The van der Waals surface area contributed by atoms with E-state index in [1.165, 1.54) is 44.1 Å². The van der Waals surface area contributed by atoms with E-state index in [9.17, 15) is 0 Å². The molecule has 2 aliphatic heterocycles. The van der Waals surface area contributed by atoms with Gasteiger partial charge < -0.3 is 0 Å². The van der Waals surface area contributed by atoms with Crippen molar-refractivity contribution in [3.63, 3.8) is 0 Å². The van der Waals surface area contributed by atoms with Crippen LogP contribution in [0.25, 0.3) is 21.5 Å². The van der Waals surface area contributed by atoms with E-state index in [4.69, 9.17) is 4.98 Å². The molecule has 0 radical (unpaired) electrons. The second-order valence-electron chi connectivity index (χ2n) is 6.65. The maximum atomic E-state index is 4.85. The minimum Gasteiger partial charge on any atom is -0.256 e. The molecule has 2 aliphatic rings. The lowest BCUT2D eigenvalue weighted by Crippen LogP contribution is -1.94. The summed E-state index contributed by atoms with van der Waals surface area (Å²) >= 11 is 3.93. The van der Waals surface area contributed by atoms with Crippen LogP contribution >= 0.6 is 23.5 Å². The van der Waals surface area contributed by atoms with Gasteiger partial charge in [-0.05, 0) is 44.8 Å². The van der Waals surface area contributed by atoms with Gasteiger partial charge in [-0.15, -0.1) is 0 Å². The Morgan fingerprint density at radius 3 is 1.35 bits per heavy atom. The van der Waals surface area contributed by atoms with Gasteiger partial charge in [0.25, 0.3) is 0 Å². The monoisotopic (exact) mass is 373 g/mol. The summed E-state index contributed by atoms with van der Waals surface area (Å²) in [4.78, 5) is 4.85. The number of benzene rings is 3.